The number of benzene rings is 1. The van der Waals surface area contributed by atoms with Gasteiger partial charge in [-0.1, -0.05) is 6.07 Å². The van der Waals surface area contributed by atoms with E-state index in [9.17, 15) is 4.79 Å². The summed E-state index contributed by atoms with van der Waals surface area (Å²) in [6.45, 7) is 1.86. The molecule has 0 atom stereocenters. The zero-order valence-corrected chi connectivity index (χ0v) is 19.8. The summed E-state index contributed by atoms with van der Waals surface area (Å²) < 4.78 is 2.03. The van der Waals surface area contributed by atoms with Crippen LogP contribution in [0, 0.1) is 0 Å². The van der Waals surface area contributed by atoms with E-state index in [4.69, 9.17) is 0 Å². The molecule has 1 fully saturated rings. The van der Waals surface area contributed by atoms with E-state index in [0.717, 1.165) is 41.9 Å². The molecule has 2 aliphatic rings. The van der Waals surface area contributed by atoms with Crippen molar-refractivity contribution in [3.05, 3.63) is 71.8 Å². The summed E-state index contributed by atoms with van der Waals surface area (Å²) in [6.07, 6.45) is 14.3. The monoisotopic (exact) mass is 493 g/mol. The first kappa shape index (κ1) is 25.9. The van der Waals surface area contributed by atoms with Gasteiger partial charge in [0.05, 0.1) is 12.2 Å². The first-order chi connectivity index (χ1) is 14.3. The van der Waals surface area contributed by atoms with Crippen LogP contribution < -0.4 is 10.6 Å². The Hall–Kier alpha value is -2.38. The molecule has 0 spiro atoms. The number of amides is 1. The van der Waals surface area contributed by atoms with Crippen molar-refractivity contribution < 1.29 is 4.79 Å². The van der Waals surface area contributed by atoms with Crippen LogP contribution in [-0.2, 0) is 17.8 Å². The highest BCUT2D eigenvalue weighted by Crippen LogP contribution is 2.35. The number of hydrogen-bond donors (Lipinski definition) is 2. The first-order valence-electron chi connectivity index (χ1n) is 10.1. The predicted molar refractivity (Wildman–Crippen MR) is 135 cm³/mol. The molecule has 1 saturated carbocycles. The van der Waals surface area contributed by atoms with E-state index in [-0.39, 0.29) is 43.1 Å². The van der Waals surface area contributed by atoms with E-state index in [1.165, 1.54) is 24.0 Å². The highest BCUT2D eigenvalue weighted by atomic mass is 35.5. The second kappa shape index (κ2) is 11.5. The van der Waals surface area contributed by atoms with Gasteiger partial charge in [-0.15, -0.1) is 37.2 Å². The van der Waals surface area contributed by atoms with E-state index in [1.54, 1.807) is 18.5 Å². The van der Waals surface area contributed by atoms with Crippen molar-refractivity contribution >= 4 is 54.9 Å². The summed E-state index contributed by atoms with van der Waals surface area (Å²) in [6, 6.07) is 8.63. The first-order valence-corrected chi connectivity index (χ1v) is 10.1. The smallest absolute Gasteiger partial charge is 0.248 e. The van der Waals surface area contributed by atoms with Crippen LogP contribution >= 0.6 is 37.2 Å². The molecular formula is C23H26Cl3N5O. The summed E-state index contributed by atoms with van der Waals surface area (Å²) in [5.41, 5.74) is 6.38. The number of aromatic nitrogens is 3. The van der Waals surface area contributed by atoms with Crippen LogP contribution in [-0.4, -0.2) is 27.2 Å². The number of carbonyl (C=O) groups excluding carboxylic acids is 1. The van der Waals surface area contributed by atoms with Gasteiger partial charge in [0.1, 0.15) is 0 Å². The van der Waals surface area contributed by atoms with E-state index in [2.05, 4.69) is 39.0 Å². The third kappa shape index (κ3) is 5.90. The lowest BCUT2D eigenvalue weighted by molar-refractivity contribution is -0.111. The average Bonchev–Trinajstić information content (AvgIpc) is 3.49. The minimum atomic E-state index is -0.155. The molecule has 0 radical (unpaired) electrons. The maximum atomic E-state index is 12.5. The molecule has 170 valence electrons. The second-order valence-corrected chi connectivity index (χ2v) is 7.64. The van der Waals surface area contributed by atoms with Crippen LogP contribution in [0.5, 0.6) is 0 Å². The topological polar surface area (TPSA) is 71.8 Å². The number of fused-ring (bicyclic) bond motifs is 1. The largest absolute Gasteiger partial charge is 0.323 e. The van der Waals surface area contributed by atoms with Crippen LogP contribution in [0.1, 0.15) is 35.6 Å². The van der Waals surface area contributed by atoms with Gasteiger partial charge < -0.3 is 10.6 Å². The zero-order valence-electron chi connectivity index (χ0n) is 17.4. The van der Waals surface area contributed by atoms with Crippen molar-refractivity contribution in [2.75, 3.05) is 11.9 Å². The molecule has 3 aromatic rings. The molecule has 1 amide bonds. The molecular weight excluding hydrogens is 469 g/mol. The maximum Gasteiger partial charge on any atom is 0.248 e. The van der Waals surface area contributed by atoms with Crippen LogP contribution in [0.3, 0.4) is 0 Å². The number of nitrogens with zero attached hydrogens (tertiary/aromatic N) is 3. The molecule has 1 aliphatic heterocycles. The van der Waals surface area contributed by atoms with Gasteiger partial charge in [-0.3, -0.25) is 14.5 Å². The van der Waals surface area contributed by atoms with Crippen LogP contribution in [0.25, 0.3) is 17.2 Å². The number of anilines is 1. The minimum absolute atomic E-state index is 0. The number of carbonyl (C=O) groups is 1. The van der Waals surface area contributed by atoms with Gasteiger partial charge in [0.2, 0.25) is 5.91 Å². The molecule has 6 nitrogen and oxygen atoms in total. The van der Waals surface area contributed by atoms with Gasteiger partial charge in [-0.25, -0.2) is 0 Å². The van der Waals surface area contributed by atoms with Crippen LogP contribution in [0.2, 0.25) is 0 Å². The van der Waals surface area contributed by atoms with Crippen molar-refractivity contribution in [3.8, 4) is 11.1 Å². The molecule has 9 heteroatoms. The lowest BCUT2D eigenvalue weighted by Crippen LogP contribution is -2.23. The van der Waals surface area contributed by atoms with Crippen molar-refractivity contribution in [3.63, 3.8) is 0 Å². The number of rotatable bonds is 5. The van der Waals surface area contributed by atoms with Crippen molar-refractivity contribution in [2.45, 2.75) is 31.8 Å². The molecule has 0 saturated heterocycles. The molecule has 1 aliphatic carbocycles. The predicted octanol–water partition coefficient (Wildman–Crippen LogP) is 4.84. The summed E-state index contributed by atoms with van der Waals surface area (Å²) >= 11 is 0. The summed E-state index contributed by atoms with van der Waals surface area (Å²) in [5, 5.41) is 10.8. The number of hydrogen-bond acceptors (Lipinski definition) is 4. The summed E-state index contributed by atoms with van der Waals surface area (Å²) in [4.78, 5) is 16.7. The molecule has 2 N–H and O–H groups in total. The maximum absolute atomic E-state index is 12.5. The van der Waals surface area contributed by atoms with Gasteiger partial charge in [-0.05, 0) is 66.8 Å². The van der Waals surface area contributed by atoms with E-state index >= 15 is 0 Å². The highest BCUT2D eigenvalue weighted by Gasteiger charge is 2.24. The zero-order chi connectivity index (χ0) is 19.6. The van der Waals surface area contributed by atoms with E-state index in [0.29, 0.717) is 6.04 Å². The molecule has 0 unspecified atom stereocenters. The molecule has 3 heterocycles. The molecule has 5 rings (SSSR count). The Morgan fingerprint density at radius 3 is 2.78 bits per heavy atom. The van der Waals surface area contributed by atoms with Crippen LogP contribution in [0.15, 0.2) is 55.1 Å². The standard InChI is InChI=1S/C23H23N5O.3ClH/c29-23(27-20-3-1-16-7-9-24-13-18(16)11-20)6-2-17-12-25-10-8-22(17)19-14-26-28(15-19)21-4-5-21;;;/h1-3,6,8,10-12,14-15,21,24H,4-5,7,9,13H2,(H,27,29);3*1H. The normalized spacial score (nSPS) is 14.5. The Morgan fingerprint density at radius 2 is 1.97 bits per heavy atom. The molecule has 0 bridgehead atoms. The fourth-order valence-electron chi connectivity index (χ4n) is 3.73. The quantitative estimate of drug-likeness (QED) is 0.498. The molecule has 32 heavy (non-hydrogen) atoms. The van der Waals surface area contributed by atoms with Gasteiger partial charge in [0.25, 0.3) is 0 Å². The van der Waals surface area contributed by atoms with Crippen molar-refractivity contribution in [2.24, 2.45) is 0 Å². The number of halogens is 3. The second-order valence-electron chi connectivity index (χ2n) is 7.64. The summed E-state index contributed by atoms with van der Waals surface area (Å²) in [7, 11) is 0. The lowest BCUT2D eigenvalue weighted by Gasteiger charge is -2.17. The SMILES string of the molecule is Cl.Cl.Cl.O=C(C=Cc1cnccc1-c1cnn(C2CC2)c1)Nc1ccc2c(c1)CNCC2. The van der Waals surface area contributed by atoms with Crippen molar-refractivity contribution in [1.82, 2.24) is 20.1 Å². The fourth-order valence-corrected chi connectivity index (χ4v) is 3.73. The Kier molecular flexibility index (Phi) is 9.28. The Labute approximate surface area is 206 Å². The van der Waals surface area contributed by atoms with Gasteiger partial charge in [-0.2, -0.15) is 5.10 Å². The Morgan fingerprint density at radius 1 is 1.12 bits per heavy atom. The average molecular weight is 495 g/mol. The minimum Gasteiger partial charge on any atom is -0.323 e. The Balaban J connectivity index is 0.00000121. The third-order valence-corrected chi connectivity index (χ3v) is 5.46. The third-order valence-electron chi connectivity index (χ3n) is 5.46. The summed E-state index contributed by atoms with van der Waals surface area (Å²) in [5.74, 6) is -0.155. The number of nitrogens with one attached hydrogen (secondary N) is 2. The van der Waals surface area contributed by atoms with E-state index in [1.807, 2.05) is 29.1 Å². The van der Waals surface area contributed by atoms with Crippen molar-refractivity contribution in [1.29, 1.82) is 0 Å². The van der Waals surface area contributed by atoms with Gasteiger partial charge in [0.15, 0.2) is 0 Å². The molecule has 2 aromatic heterocycles. The Bertz CT molecular complexity index is 1090. The number of pyridine rings is 1. The lowest BCUT2D eigenvalue weighted by atomic mass is 10.0. The van der Waals surface area contributed by atoms with E-state index < -0.39 is 0 Å². The fraction of sp³-hybridized carbons (Fsp3) is 0.261. The van der Waals surface area contributed by atoms with Gasteiger partial charge in [0, 0.05) is 48.0 Å². The van der Waals surface area contributed by atoms with Crippen LogP contribution in [0.4, 0.5) is 5.69 Å². The van der Waals surface area contributed by atoms with Gasteiger partial charge >= 0.3 is 0 Å². The molecule has 1 aromatic carbocycles. The highest BCUT2D eigenvalue weighted by molar-refractivity contribution is 6.02.